The zero-order valence-electron chi connectivity index (χ0n) is 17.7. The highest BCUT2D eigenvalue weighted by molar-refractivity contribution is 7.90. The summed E-state index contributed by atoms with van der Waals surface area (Å²) in [4.78, 5) is 27.2. The van der Waals surface area contributed by atoms with Gasteiger partial charge in [0.15, 0.2) is 5.67 Å². The number of nitrogens with zero attached hydrogens (tertiary/aromatic N) is 5. The van der Waals surface area contributed by atoms with E-state index in [0.717, 1.165) is 22.7 Å². The number of imidazole rings is 1. The van der Waals surface area contributed by atoms with E-state index < -0.39 is 16.4 Å². The molecule has 0 saturated carbocycles. The zero-order chi connectivity index (χ0) is 21.9. The molecule has 0 bridgehead atoms. The minimum atomic E-state index is -1.77. The number of rotatable bonds is 3. The summed E-state index contributed by atoms with van der Waals surface area (Å²) in [5.41, 5.74) is 2.53. The molecule has 0 saturated heterocycles. The van der Waals surface area contributed by atoms with Gasteiger partial charge in [0.05, 0.1) is 23.4 Å². The van der Waals surface area contributed by atoms with Crippen LogP contribution in [-0.4, -0.2) is 37.3 Å². The Morgan fingerprint density at radius 3 is 2.90 bits per heavy atom. The molecule has 1 N–H and O–H groups in total. The van der Waals surface area contributed by atoms with E-state index in [-0.39, 0.29) is 22.9 Å². The predicted octanol–water partition coefficient (Wildman–Crippen LogP) is 3.96. The van der Waals surface area contributed by atoms with Crippen LogP contribution >= 0.6 is 0 Å². The van der Waals surface area contributed by atoms with Crippen molar-refractivity contribution in [1.29, 1.82) is 0 Å². The summed E-state index contributed by atoms with van der Waals surface area (Å²) in [6.07, 6.45) is 8.18. The van der Waals surface area contributed by atoms with Crippen molar-refractivity contribution in [1.82, 2.24) is 24.9 Å². The molecule has 0 aliphatic carbocycles. The van der Waals surface area contributed by atoms with Gasteiger partial charge < -0.3 is 14.3 Å². The van der Waals surface area contributed by atoms with E-state index in [1.54, 1.807) is 18.2 Å². The maximum absolute atomic E-state index is 14.4. The van der Waals surface area contributed by atoms with Crippen LogP contribution in [0.3, 0.4) is 0 Å². The highest BCUT2D eigenvalue weighted by atomic mass is 32.2. The molecule has 10 heteroatoms. The van der Waals surface area contributed by atoms with E-state index in [1.807, 2.05) is 30.3 Å². The molecule has 2 atom stereocenters. The first-order valence-electron chi connectivity index (χ1n) is 10.0. The first-order valence-corrected chi connectivity index (χ1v) is 11.3. The first kappa shape index (κ1) is 19.9. The average Bonchev–Trinajstić information content (AvgIpc) is 3.44. The van der Waals surface area contributed by atoms with Gasteiger partial charge in [-0.1, -0.05) is 6.08 Å². The van der Waals surface area contributed by atoms with Gasteiger partial charge in [-0.2, -0.15) is 0 Å². The van der Waals surface area contributed by atoms with Crippen molar-refractivity contribution in [2.45, 2.75) is 45.2 Å². The Morgan fingerprint density at radius 2 is 2.19 bits per heavy atom. The minimum absolute atomic E-state index is 0.0638. The third-order valence-electron chi connectivity index (χ3n) is 5.50. The quantitative estimate of drug-likeness (QED) is 0.777. The van der Waals surface area contributed by atoms with Gasteiger partial charge >= 0.3 is 0 Å². The fraction of sp³-hybridized carbons (Fsp3) is 0.381. The Kier molecular flexibility index (Phi) is 4.51. The number of H-pyrrole nitrogens is 1. The van der Waals surface area contributed by atoms with E-state index in [4.69, 9.17) is 8.89 Å². The Hall–Kier alpha value is -3.01. The molecule has 5 rings (SSSR count). The minimum Gasteiger partial charge on any atom is -0.432 e. The van der Waals surface area contributed by atoms with Gasteiger partial charge in [0.25, 0.3) is 5.91 Å². The van der Waals surface area contributed by atoms with Crippen LogP contribution in [0, 0.1) is 6.92 Å². The topological polar surface area (TPSA) is 90.6 Å². The summed E-state index contributed by atoms with van der Waals surface area (Å²) in [6, 6.07) is 0. The predicted molar refractivity (Wildman–Crippen MR) is 114 cm³/mol. The molecule has 31 heavy (non-hydrogen) atoms. The van der Waals surface area contributed by atoms with Gasteiger partial charge in [-0.15, -0.1) is 4.47 Å². The lowest BCUT2D eigenvalue weighted by atomic mass is 10.1. The third kappa shape index (κ3) is 3.25. The van der Waals surface area contributed by atoms with Gasteiger partial charge in [0.1, 0.15) is 5.37 Å². The number of oxazole rings is 1. The number of fused-ring (bicyclic) bond motifs is 2. The normalized spacial score (nSPS) is 22.6. The summed E-state index contributed by atoms with van der Waals surface area (Å²) >= 11 is 0. The molecule has 3 aliphatic heterocycles. The van der Waals surface area contributed by atoms with Gasteiger partial charge in [0.2, 0.25) is 11.7 Å². The lowest BCUT2D eigenvalue weighted by Crippen LogP contribution is -2.41. The average molecular weight is 443 g/mol. The van der Waals surface area contributed by atoms with E-state index >= 15 is 0 Å². The Morgan fingerprint density at radius 1 is 1.39 bits per heavy atom. The molecule has 3 aliphatic rings. The van der Waals surface area contributed by atoms with Crippen LogP contribution in [0.4, 0.5) is 4.39 Å². The summed E-state index contributed by atoms with van der Waals surface area (Å²) in [7, 11) is -0.652. The van der Waals surface area contributed by atoms with Gasteiger partial charge in [-0.25, -0.2) is 19.4 Å². The van der Waals surface area contributed by atoms with Crippen molar-refractivity contribution in [3.05, 3.63) is 70.1 Å². The highest BCUT2D eigenvalue weighted by Gasteiger charge is 2.40. The molecule has 0 radical (unpaired) electrons. The molecule has 8 nitrogen and oxygen atoms in total. The molecule has 2 aromatic heterocycles. The number of carbonyl (C=O) groups excluding carboxylic acids is 1. The number of nitrogens with one attached hydrogen (secondary N) is 1. The number of hydrogen-bond donors (Lipinski definition) is 1. The summed E-state index contributed by atoms with van der Waals surface area (Å²) in [5.74, 6) is -0.359. The molecule has 0 fully saturated rings. The lowest BCUT2D eigenvalue weighted by molar-refractivity contribution is 0.0679. The van der Waals surface area contributed by atoms with Crippen LogP contribution in [0.5, 0.6) is 0 Å². The molecule has 5 heterocycles. The summed E-state index contributed by atoms with van der Waals surface area (Å²) < 4.78 is 24.8. The van der Waals surface area contributed by atoms with Crippen LogP contribution in [-0.2, 0) is 22.8 Å². The van der Waals surface area contributed by atoms with Gasteiger partial charge in [0, 0.05) is 30.3 Å². The number of alkyl halides is 1. The van der Waals surface area contributed by atoms with Crippen LogP contribution in [0.1, 0.15) is 59.7 Å². The number of halogens is 1. The van der Waals surface area contributed by atoms with E-state index in [0.29, 0.717) is 18.7 Å². The third-order valence-corrected chi connectivity index (χ3v) is 7.26. The lowest BCUT2D eigenvalue weighted by Gasteiger charge is -2.34. The van der Waals surface area contributed by atoms with Crippen molar-refractivity contribution >= 4 is 16.6 Å². The van der Waals surface area contributed by atoms with Crippen molar-refractivity contribution in [2.75, 3.05) is 6.54 Å². The number of carbonyl (C=O) groups is 1. The van der Waals surface area contributed by atoms with Crippen LogP contribution in [0.25, 0.3) is 0 Å². The van der Waals surface area contributed by atoms with Gasteiger partial charge in [-0.05, 0) is 50.0 Å². The molecule has 0 aromatic carbocycles. The number of aromatic amines is 1. The molecule has 1 amide bonds. The van der Waals surface area contributed by atoms with Gasteiger partial charge in [-0.3, -0.25) is 4.79 Å². The van der Waals surface area contributed by atoms with E-state index in [1.165, 1.54) is 13.8 Å². The second-order valence-corrected chi connectivity index (χ2v) is 9.78. The van der Waals surface area contributed by atoms with Crippen molar-refractivity contribution in [3.63, 3.8) is 0 Å². The standard InChI is InChI=1S/C21H23FN6O2S/c1-12-6-5-8-28-15(12)10-31(26-28)19-16-14(23-11-24-16)7-9-27(19)18(29)17-13(2)25-20(30-17)21(3,4)22/h5-6,8,10-11,19H,7,9H2,1-4H3,(H,23,24)/t19-,31?/m0/s1. The molecule has 162 valence electrons. The van der Waals surface area contributed by atoms with Crippen LogP contribution < -0.4 is 0 Å². The SMILES string of the molecule is CC1=CC=CN2N=S([C@H]3c4nc[nH]c4CCN3C(=O)c3oc(C(C)(C)F)nc3C)C=C12. The van der Waals surface area contributed by atoms with E-state index in [9.17, 15) is 9.18 Å². The second-order valence-electron chi connectivity index (χ2n) is 8.24. The molecular weight excluding hydrogens is 419 g/mol. The molecule has 1 unspecified atom stereocenters. The number of amides is 1. The number of hydrogen-bond acceptors (Lipinski definition) is 6. The summed E-state index contributed by atoms with van der Waals surface area (Å²) in [5, 5.41) is 3.56. The summed E-state index contributed by atoms with van der Waals surface area (Å²) in [6.45, 7) is 6.88. The smallest absolute Gasteiger partial charge is 0.292 e. The second kappa shape index (κ2) is 7.01. The Balaban J connectivity index is 1.56. The Bertz CT molecular complexity index is 1200. The molecule has 0 spiro atoms. The molecular formula is C21H23FN6O2S. The van der Waals surface area contributed by atoms with Crippen molar-refractivity contribution < 1.29 is 13.6 Å². The maximum atomic E-state index is 14.4. The fourth-order valence-corrected chi connectivity index (χ4v) is 5.88. The fourth-order valence-electron chi connectivity index (χ4n) is 3.86. The van der Waals surface area contributed by atoms with Crippen molar-refractivity contribution in [2.24, 2.45) is 4.47 Å². The molecule has 2 aromatic rings. The maximum Gasteiger partial charge on any atom is 0.292 e. The van der Waals surface area contributed by atoms with Crippen molar-refractivity contribution in [3.8, 4) is 0 Å². The number of allylic oxidation sites excluding steroid dienone is 3. The first-order chi connectivity index (χ1) is 14.7. The largest absolute Gasteiger partial charge is 0.432 e. The number of aromatic nitrogens is 3. The highest BCUT2D eigenvalue weighted by Crippen LogP contribution is 2.39. The monoisotopic (exact) mass is 442 g/mol. The van der Waals surface area contributed by atoms with E-state index in [2.05, 4.69) is 20.4 Å². The Labute approximate surface area is 181 Å². The number of aryl methyl sites for hydroxylation is 1. The zero-order valence-corrected chi connectivity index (χ0v) is 18.5. The van der Waals surface area contributed by atoms with Crippen LogP contribution in [0.2, 0.25) is 0 Å². The van der Waals surface area contributed by atoms with Crippen LogP contribution in [0.15, 0.2) is 50.2 Å².